The number of rotatable bonds is 0. The molecule has 1 aromatic rings. The number of hydrogen-bond donors (Lipinski definition) is 0. The molecule has 1 aromatic heterocycles. The topological polar surface area (TPSA) is 0 Å². The summed E-state index contributed by atoms with van der Waals surface area (Å²) in [6.07, 6.45) is 0. The Morgan fingerprint density at radius 1 is 1.11 bits per heavy atom. The van der Waals surface area contributed by atoms with Gasteiger partial charge in [0.2, 0.25) is 0 Å². The number of hydrogen-bond acceptors (Lipinski definition) is 0. The normalized spacial score (nSPS) is 11.4. The first-order valence-corrected chi connectivity index (χ1v) is 7.10. The van der Waals surface area contributed by atoms with Gasteiger partial charge in [0, 0.05) is 0 Å². The van der Waals surface area contributed by atoms with Crippen molar-refractivity contribution in [2.24, 2.45) is 0 Å². The first kappa shape index (κ1) is 7.68. The SMILES string of the molecule is Cc1[pH][c]([SnH3])c(C)c1C. The minimum absolute atomic E-state index is 0.769. The van der Waals surface area contributed by atoms with Gasteiger partial charge in [-0.1, -0.05) is 0 Å². The maximum absolute atomic E-state index is 2.27. The van der Waals surface area contributed by atoms with Crippen molar-refractivity contribution in [1.29, 1.82) is 0 Å². The molecule has 0 nitrogen and oxygen atoms in total. The summed E-state index contributed by atoms with van der Waals surface area (Å²) in [7, 11) is 1.07. The molecule has 2 heteroatoms. The van der Waals surface area contributed by atoms with Gasteiger partial charge in [0.05, 0.1) is 0 Å². The maximum atomic E-state index is 2.27. The van der Waals surface area contributed by atoms with Crippen molar-refractivity contribution in [3.05, 3.63) is 16.4 Å². The minimum atomic E-state index is 0.769. The van der Waals surface area contributed by atoms with Gasteiger partial charge < -0.3 is 0 Å². The molecule has 0 bridgehead atoms. The van der Waals surface area contributed by atoms with Gasteiger partial charge in [0.15, 0.2) is 0 Å². The first-order valence-electron chi connectivity index (χ1n) is 3.25. The van der Waals surface area contributed by atoms with Crippen LogP contribution in [0.3, 0.4) is 0 Å². The third kappa shape index (κ3) is 1.35. The van der Waals surface area contributed by atoms with Gasteiger partial charge >= 0.3 is 71.2 Å². The molecule has 0 aromatic carbocycles. The van der Waals surface area contributed by atoms with E-state index in [4.69, 9.17) is 0 Å². The molecule has 0 aliphatic heterocycles. The Bertz CT molecular complexity index is 203. The van der Waals surface area contributed by atoms with Gasteiger partial charge in [-0.25, -0.2) is 0 Å². The Hall–Kier alpha value is 0.579. The van der Waals surface area contributed by atoms with E-state index in [1.807, 2.05) is 0 Å². The van der Waals surface area contributed by atoms with E-state index in [2.05, 4.69) is 20.8 Å². The predicted molar refractivity (Wildman–Crippen MR) is 49.7 cm³/mol. The van der Waals surface area contributed by atoms with E-state index < -0.39 is 0 Å². The average molecular weight is 247 g/mol. The molecule has 0 fully saturated rings. The van der Waals surface area contributed by atoms with E-state index in [-0.39, 0.29) is 0 Å². The molecular formula is C7H13PSn. The Kier molecular flexibility index (Phi) is 2.28. The van der Waals surface area contributed by atoms with Crippen LogP contribution in [0.5, 0.6) is 0 Å². The van der Waals surface area contributed by atoms with Crippen LogP contribution in [0.25, 0.3) is 0 Å². The van der Waals surface area contributed by atoms with Crippen LogP contribution < -0.4 is 3.31 Å². The molecule has 0 radical (unpaired) electrons. The summed E-state index contributed by atoms with van der Waals surface area (Å²) in [5.74, 6) is 0. The van der Waals surface area contributed by atoms with Crippen LogP contribution in [-0.4, -0.2) is 22.5 Å². The summed E-state index contributed by atoms with van der Waals surface area (Å²) in [6, 6.07) is 0. The molecule has 9 heavy (non-hydrogen) atoms. The van der Waals surface area contributed by atoms with E-state index in [0.29, 0.717) is 0 Å². The zero-order chi connectivity index (χ0) is 7.02. The van der Waals surface area contributed by atoms with Crippen molar-refractivity contribution in [2.75, 3.05) is 0 Å². The van der Waals surface area contributed by atoms with Crippen molar-refractivity contribution >= 4 is 34.0 Å². The van der Waals surface area contributed by atoms with E-state index in [9.17, 15) is 0 Å². The van der Waals surface area contributed by atoms with Crippen LogP contribution >= 0.6 is 8.19 Å². The Labute approximate surface area is 71.2 Å². The Morgan fingerprint density at radius 3 is 1.78 bits per heavy atom. The van der Waals surface area contributed by atoms with Crippen LogP contribution in [0.15, 0.2) is 0 Å². The number of aryl methyl sites for hydroxylation is 1. The summed E-state index contributed by atoms with van der Waals surface area (Å²) in [6.45, 7) is 6.78. The third-order valence-corrected chi connectivity index (χ3v) is 7.84. The summed E-state index contributed by atoms with van der Waals surface area (Å²) < 4.78 is 1.78. The van der Waals surface area contributed by atoms with Crippen molar-refractivity contribution in [2.45, 2.75) is 20.8 Å². The van der Waals surface area contributed by atoms with Gasteiger partial charge in [-0.05, 0) is 0 Å². The molecule has 0 aliphatic carbocycles. The Morgan fingerprint density at radius 2 is 1.67 bits per heavy atom. The van der Waals surface area contributed by atoms with Crippen molar-refractivity contribution < 1.29 is 0 Å². The molecule has 1 heterocycles. The summed E-state index contributed by atoms with van der Waals surface area (Å²) in [4.78, 5) is 0. The fourth-order valence-electron chi connectivity index (χ4n) is 1.03. The van der Waals surface area contributed by atoms with Crippen LogP contribution in [0, 0.1) is 20.8 Å². The van der Waals surface area contributed by atoms with E-state index in [0.717, 1.165) is 30.7 Å². The molecule has 50 valence electrons. The van der Waals surface area contributed by atoms with Crippen molar-refractivity contribution in [1.82, 2.24) is 0 Å². The fourth-order valence-corrected chi connectivity index (χ4v) is 6.62. The summed E-state index contributed by atoms with van der Waals surface area (Å²) in [5, 5.41) is 1.63. The van der Waals surface area contributed by atoms with E-state index >= 15 is 0 Å². The van der Waals surface area contributed by atoms with Crippen LogP contribution in [0.2, 0.25) is 0 Å². The predicted octanol–water partition coefficient (Wildman–Crippen LogP) is 0.634. The summed E-state index contributed by atoms with van der Waals surface area (Å²) >= 11 is 0.769. The molecule has 0 aliphatic rings. The van der Waals surface area contributed by atoms with Gasteiger partial charge in [0.25, 0.3) is 0 Å². The second-order valence-corrected chi connectivity index (χ2v) is 10.1. The zero-order valence-corrected chi connectivity index (χ0v) is 13.2. The second kappa shape index (κ2) is 2.67. The molecule has 0 saturated carbocycles. The zero-order valence-electron chi connectivity index (χ0n) is 6.50. The average Bonchev–Trinajstić information content (AvgIpc) is 1.98. The van der Waals surface area contributed by atoms with Crippen LogP contribution in [-0.2, 0) is 0 Å². The van der Waals surface area contributed by atoms with Crippen molar-refractivity contribution in [3.63, 3.8) is 0 Å². The van der Waals surface area contributed by atoms with Gasteiger partial charge in [0.1, 0.15) is 0 Å². The molecule has 0 spiro atoms. The summed E-state index contributed by atoms with van der Waals surface area (Å²) in [5.41, 5.74) is 3.18. The quantitative estimate of drug-likeness (QED) is 0.590. The van der Waals surface area contributed by atoms with Crippen molar-refractivity contribution in [3.8, 4) is 0 Å². The molecule has 0 N–H and O–H groups in total. The van der Waals surface area contributed by atoms with Gasteiger partial charge in [-0.3, -0.25) is 0 Å². The second-order valence-electron chi connectivity index (χ2n) is 2.62. The van der Waals surface area contributed by atoms with E-state index in [1.54, 1.807) is 19.7 Å². The van der Waals surface area contributed by atoms with Gasteiger partial charge in [-0.2, -0.15) is 0 Å². The Balaban J connectivity index is 3.29. The first-order chi connectivity index (χ1) is 4.13. The fraction of sp³-hybridized carbons (Fsp3) is 0.429. The molecule has 0 amide bonds. The van der Waals surface area contributed by atoms with Crippen LogP contribution in [0.1, 0.15) is 16.4 Å². The van der Waals surface area contributed by atoms with Crippen LogP contribution in [0.4, 0.5) is 0 Å². The molecule has 1 rings (SSSR count). The monoisotopic (exact) mass is 248 g/mol. The molecule has 1 unspecified atom stereocenters. The standard InChI is InChI=1S/C7H10P.Sn.3H/c1-5-4-8-7(3)6(5)2;;;;/h8H,1-3H3;;;;. The van der Waals surface area contributed by atoms with Gasteiger partial charge in [-0.15, -0.1) is 0 Å². The molecule has 0 saturated heterocycles. The molecular weight excluding hydrogens is 234 g/mol. The van der Waals surface area contributed by atoms with E-state index in [1.165, 1.54) is 0 Å². The molecule has 1 atom stereocenters. The third-order valence-electron chi connectivity index (χ3n) is 2.06.